The number of amides is 3. The maximum Gasteiger partial charge on any atom is 0.335 e. The molecular weight excluding hydrogens is 558 g/mol. The minimum atomic E-state index is -1.11. The lowest BCUT2D eigenvalue weighted by Crippen LogP contribution is -2.68. The third-order valence-corrected chi connectivity index (χ3v) is 7.12. The van der Waals surface area contributed by atoms with E-state index >= 15 is 0 Å². The summed E-state index contributed by atoms with van der Waals surface area (Å²) in [6.07, 6.45) is -0.823. The van der Waals surface area contributed by atoms with Gasteiger partial charge in [-0.25, -0.2) is 23.3 Å². The van der Waals surface area contributed by atoms with E-state index in [1.807, 2.05) is 25.1 Å². The van der Waals surface area contributed by atoms with Crippen LogP contribution in [0.5, 0.6) is 11.5 Å². The molecule has 220 valence electrons. The predicted molar refractivity (Wildman–Crippen MR) is 153 cm³/mol. The van der Waals surface area contributed by atoms with Gasteiger partial charge in [-0.1, -0.05) is 42.5 Å². The Balaban J connectivity index is 1.44. The lowest BCUT2D eigenvalue weighted by molar-refractivity contribution is -0.166. The second-order valence-corrected chi connectivity index (χ2v) is 9.88. The molecule has 2 unspecified atom stereocenters. The molecule has 1 heterocycles. The summed E-state index contributed by atoms with van der Waals surface area (Å²) in [5.74, 6) is -2.43. The Labute approximate surface area is 246 Å². The largest absolute Gasteiger partial charge is 0.494 e. The number of imide groups is 1. The van der Waals surface area contributed by atoms with Crippen molar-refractivity contribution in [3.8, 4) is 11.5 Å². The molecule has 1 fully saturated rings. The first-order chi connectivity index (χ1) is 20.7. The second-order valence-electron chi connectivity index (χ2n) is 9.88. The Hall–Kier alpha value is -5.25. The lowest BCUT2D eigenvalue weighted by atomic mass is 9.88. The molecule has 0 aliphatic carbocycles. The Morgan fingerprint density at radius 1 is 0.884 bits per heavy atom. The van der Waals surface area contributed by atoms with Crippen molar-refractivity contribution in [2.75, 3.05) is 6.61 Å². The van der Waals surface area contributed by atoms with Crippen molar-refractivity contribution < 1.29 is 37.7 Å². The highest BCUT2D eigenvalue weighted by Crippen LogP contribution is 2.35. The number of nitrogens with one attached hydrogen (secondary N) is 1. The molecule has 0 radical (unpaired) electrons. The highest BCUT2D eigenvalue weighted by atomic mass is 19.1. The number of carboxylic acid groups (broad SMARTS) is 1. The van der Waals surface area contributed by atoms with E-state index in [2.05, 4.69) is 5.32 Å². The molecular formula is C33H28F2N2O6. The van der Waals surface area contributed by atoms with E-state index in [4.69, 9.17) is 9.47 Å². The smallest absolute Gasteiger partial charge is 0.335 e. The van der Waals surface area contributed by atoms with E-state index in [1.54, 1.807) is 6.07 Å². The van der Waals surface area contributed by atoms with Crippen LogP contribution in [0.2, 0.25) is 0 Å². The number of carbonyl (C=O) groups is 3. The average Bonchev–Trinajstić information content (AvgIpc) is 3.00. The maximum absolute atomic E-state index is 13.7. The predicted octanol–water partition coefficient (Wildman–Crippen LogP) is 5.97. The SMILES string of the molecule is CCOc1ccccc1CC1C(=O)N(C(=O)NC(c2ccc(F)cc2)c2ccc(F)cc2)C1Oc1ccc(C(=O)O)cc1. The number of β-lactam (4-membered cyclic amide) rings is 1. The first-order valence-corrected chi connectivity index (χ1v) is 13.6. The van der Waals surface area contributed by atoms with Crippen LogP contribution in [0.15, 0.2) is 97.1 Å². The number of rotatable bonds is 10. The summed E-state index contributed by atoms with van der Waals surface area (Å²) in [5, 5.41) is 12.1. The van der Waals surface area contributed by atoms with Crippen molar-refractivity contribution in [2.24, 2.45) is 5.92 Å². The standard InChI is InChI=1S/C33H28F2N2O6/c1-2-42-28-6-4-3-5-23(28)19-27-30(38)37(31(27)43-26-17-11-22(12-18-26)32(39)40)33(41)36-29(20-7-13-24(34)14-8-20)21-9-15-25(35)16-10-21/h3-18,27,29,31H,2,19H2,1H3,(H,36,41)(H,39,40). The van der Waals surface area contributed by atoms with Crippen LogP contribution in [0.3, 0.4) is 0 Å². The van der Waals surface area contributed by atoms with Crippen LogP contribution in [0.1, 0.15) is 40.0 Å². The highest BCUT2D eigenvalue weighted by molar-refractivity contribution is 6.01. The first-order valence-electron chi connectivity index (χ1n) is 13.6. The van der Waals surface area contributed by atoms with Crippen molar-refractivity contribution in [3.05, 3.63) is 131 Å². The second kappa shape index (κ2) is 12.7. The molecule has 4 aromatic carbocycles. The van der Waals surface area contributed by atoms with Gasteiger partial charge in [0, 0.05) is 0 Å². The van der Waals surface area contributed by atoms with Crippen molar-refractivity contribution in [1.29, 1.82) is 0 Å². The number of aromatic carboxylic acids is 1. The van der Waals surface area contributed by atoms with Crippen LogP contribution in [0.4, 0.5) is 13.6 Å². The molecule has 43 heavy (non-hydrogen) atoms. The van der Waals surface area contributed by atoms with Gasteiger partial charge < -0.3 is 19.9 Å². The van der Waals surface area contributed by atoms with Gasteiger partial charge in [0.05, 0.1) is 24.1 Å². The fourth-order valence-corrected chi connectivity index (χ4v) is 4.95. The van der Waals surface area contributed by atoms with Crippen LogP contribution in [-0.4, -0.2) is 40.7 Å². The maximum atomic E-state index is 13.7. The molecule has 4 aromatic rings. The van der Waals surface area contributed by atoms with E-state index in [0.29, 0.717) is 23.5 Å². The summed E-state index contributed by atoms with van der Waals surface area (Å²) < 4.78 is 39.2. The van der Waals surface area contributed by atoms with Crippen molar-refractivity contribution in [1.82, 2.24) is 10.2 Å². The van der Waals surface area contributed by atoms with Gasteiger partial charge in [0.25, 0.3) is 0 Å². The van der Waals surface area contributed by atoms with Crippen molar-refractivity contribution >= 4 is 17.9 Å². The first kappa shape index (κ1) is 29.2. The molecule has 0 aromatic heterocycles. The third-order valence-electron chi connectivity index (χ3n) is 7.12. The summed E-state index contributed by atoms with van der Waals surface area (Å²) in [5.41, 5.74) is 1.83. The Morgan fingerprint density at radius 3 is 2.02 bits per heavy atom. The molecule has 0 spiro atoms. The third kappa shape index (κ3) is 6.48. The van der Waals surface area contributed by atoms with Crippen LogP contribution < -0.4 is 14.8 Å². The van der Waals surface area contributed by atoms with Gasteiger partial charge in [-0.15, -0.1) is 0 Å². The summed E-state index contributed by atoms with van der Waals surface area (Å²) >= 11 is 0. The molecule has 10 heteroatoms. The monoisotopic (exact) mass is 586 g/mol. The zero-order chi connectivity index (χ0) is 30.5. The fraction of sp³-hybridized carbons (Fsp3) is 0.182. The van der Waals surface area contributed by atoms with Crippen molar-refractivity contribution in [3.63, 3.8) is 0 Å². The van der Waals surface area contributed by atoms with Gasteiger partial charge in [-0.05, 0) is 84.6 Å². The molecule has 2 N–H and O–H groups in total. The lowest BCUT2D eigenvalue weighted by Gasteiger charge is -2.45. The Morgan fingerprint density at radius 2 is 1.47 bits per heavy atom. The van der Waals surface area contributed by atoms with Crippen LogP contribution in [0.25, 0.3) is 0 Å². The van der Waals surface area contributed by atoms with Crippen molar-refractivity contribution in [2.45, 2.75) is 25.6 Å². The van der Waals surface area contributed by atoms with Gasteiger partial charge in [-0.2, -0.15) is 0 Å². The van der Waals surface area contributed by atoms with Gasteiger partial charge in [-0.3, -0.25) is 4.79 Å². The van der Waals surface area contributed by atoms with Gasteiger partial charge >= 0.3 is 12.0 Å². The number of carbonyl (C=O) groups excluding carboxylic acids is 2. The molecule has 3 amide bonds. The molecule has 1 aliphatic rings. The number of likely N-dealkylation sites (tertiary alicyclic amines) is 1. The number of hydrogen-bond acceptors (Lipinski definition) is 5. The molecule has 5 rings (SSSR count). The van der Waals surface area contributed by atoms with E-state index in [1.165, 1.54) is 72.8 Å². The topological polar surface area (TPSA) is 105 Å². The van der Waals surface area contributed by atoms with E-state index in [9.17, 15) is 28.3 Å². The average molecular weight is 587 g/mol. The molecule has 2 atom stereocenters. The number of urea groups is 1. The minimum absolute atomic E-state index is 0.0512. The highest BCUT2D eigenvalue weighted by Gasteiger charge is 2.53. The number of nitrogens with zero attached hydrogens (tertiary/aromatic N) is 1. The zero-order valence-electron chi connectivity index (χ0n) is 23.1. The van der Waals surface area contributed by atoms with E-state index in [0.717, 1.165) is 10.5 Å². The normalized spacial score (nSPS) is 16.0. The van der Waals surface area contributed by atoms with E-state index < -0.39 is 47.7 Å². The summed E-state index contributed by atoms with van der Waals surface area (Å²) in [6.45, 7) is 2.27. The molecule has 1 aliphatic heterocycles. The molecule has 8 nitrogen and oxygen atoms in total. The Kier molecular flexibility index (Phi) is 8.66. The molecule has 0 bridgehead atoms. The number of ether oxygens (including phenoxy) is 2. The number of carboxylic acids is 1. The molecule has 1 saturated heterocycles. The fourth-order valence-electron chi connectivity index (χ4n) is 4.95. The van der Waals surface area contributed by atoms with Crippen LogP contribution >= 0.6 is 0 Å². The van der Waals surface area contributed by atoms with E-state index in [-0.39, 0.29) is 17.7 Å². The Bertz CT molecular complexity index is 1560. The van der Waals surface area contributed by atoms with Gasteiger partial charge in [0.1, 0.15) is 23.1 Å². The number of para-hydroxylation sites is 1. The van der Waals surface area contributed by atoms with Crippen LogP contribution in [-0.2, 0) is 11.2 Å². The number of hydrogen-bond donors (Lipinski definition) is 2. The quantitative estimate of drug-likeness (QED) is 0.222. The number of benzene rings is 4. The van der Waals surface area contributed by atoms with Crippen LogP contribution in [0, 0.1) is 17.6 Å². The van der Waals surface area contributed by atoms with Gasteiger partial charge in [0.2, 0.25) is 5.91 Å². The zero-order valence-corrected chi connectivity index (χ0v) is 23.1. The number of halogens is 2. The summed E-state index contributed by atoms with van der Waals surface area (Å²) in [4.78, 5) is 39.5. The summed E-state index contributed by atoms with van der Waals surface area (Å²) in [6, 6.07) is 22.2. The minimum Gasteiger partial charge on any atom is -0.494 e. The molecule has 0 saturated carbocycles. The summed E-state index contributed by atoms with van der Waals surface area (Å²) in [7, 11) is 0. The van der Waals surface area contributed by atoms with Gasteiger partial charge in [0.15, 0.2) is 6.23 Å².